The Kier molecular flexibility index (Phi) is 7.49. The molecule has 0 aromatic carbocycles. The molecule has 0 unspecified atom stereocenters. The van der Waals surface area contributed by atoms with Gasteiger partial charge >= 0.3 is 8.80 Å². The average molecular weight is 246 g/mol. The molecule has 0 heterocycles. The van der Waals surface area contributed by atoms with Crippen molar-refractivity contribution < 1.29 is 18.1 Å². The van der Waals surface area contributed by atoms with E-state index in [4.69, 9.17) is 13.3 Å². The number of allylic oxidation sites excluding steroid dienone is 1. The highest BCUT2D eigenvalue weighted by atomic mass is 28.4. The first-order valence-corrected chi connectivity index (χ1v) is 7.55. The van der Waals surface area contributed by atoms with Crippen molar-refractivity contribution in [3.05, 3.63) is 12.2 Å². The largest absolute Gasteiger partial charge is 0.508 e. The fourth-order valence-electron chi connectivity index (χ4n) is 1.29. The number of hydrogen-bond acceptors (Lipinski definition) is 4. The van der Waals surface area contributed by atoms with Crippen LogP contribution in [0.3, 0.4) is 0 Å². The molecule has 0 rings (SSSR count). The summed E-state index contributed by atoms with van der Waals surface area (Å²) in [6.45, 7) is 12.4. The molecule has 0 spiro atoms. The predicted molar refractivity (Wildman–Crippen MR) is 65.3 cm³/mol. The summed E-state index contributed by atoms with van der Waals surface area (Å²) < 4.78 is 16.7. The van der Waals surface area contributed by atoms with E-state index in [9.17, 15) is 4.79 Å². The fraction of sp³-hybridized carbons (Fsp3) is 0.727. The Morgan fingerprint density at radius 1 is 1.06 bits per heavy atom. The first-order valence-electron chi connectivity index (χ1n) is 5.61. The molecule has 0 atom stereocenters. The van der Waals surface area contributed by atoms with Crippen LogP contribution in [0.5, 0.6) is 0 Å². The van der Waals surface area contributed by atoms with Crippen molar-refractivity contribution in [3.63, 3.8) is 0 Å². The Bertz CT molecular complexity index is 223. The Labute approximate surface area is 99.0 Å². The van der Waals surface area contributed by atoms with Crippen LogP contribution < -0.4 is 0 Å². The van der Waals surface area contributed by atoms with Gasteiger partial charge in [-0.2, -0.15) is 0 Å². The number of carbonyl (C=O) groups is 1. The molecule has 16 heavy (non-hydrogen) atoms. The Morgan fingerprint density at radius 3 is 1.69 bits per heavy atom. The van der Waals surface area contributed by atoms with Crippen molar-refractivity contribution in [1.82, 2.24) is 0 Å². The Balaban J connectivity index is 4.71. The maximum atomic E-state index is 11.7. The second kappa shape index (κ2) is 7.73. The highest BCUT2D eigenvalue weighted by Crippen LogP contribution is 2.18. The van der Waals surface area contributed by atoms with Gasteiger partial charge in [0.2, 0.25) is 0 Å². The van der Waals surface area contributed by atoms with E-state index in [0.717, 1.165) is 0 Å². The summed E-state index contributed by atoms with van der Waals surface area (Å²) in [7, 11) is -2.83. The van der Waals surface area contributed by atoms with Gasteiger partial charge in [-0.05, 0) is 33.3 Å². The van der Waals surface area contributed by atoms with Gasteiger partial charge in [-0.25, -0.2) is 0 Å². The fourth-order valence-corrected chi connectivity index (χ4v) is 3.86. The molecule has 0 saturated carbocycles. The van der Waals surface area contributed by atoms with Crippen molar-refractivity contribution in [2.24, 2.45) is 0 Å². The maximum absolute atomic E-state index is 11.7. The lowest BCUT2D eigenvalue weighted by Crippen LogP contribution is -2.47. The van der Waals surface area contributed by atoms with Gasteiger partial charge in [0, 0.05) is 19.8 Å². The molecule has 94 valence electrons. The minimum Gasteiger partial charge on any atom is -0.373 e. The van der Waals surface area contributed by atoms with E-state index in [1.165, 1.54) is 0 Å². The van der Waals surface area contributed by atoms with E-state index in [-0.39, 0.29) is 11.8 Å². The van der Waals surface area contributed by atoms with Crippen LogP contribution in [0.25, 0.3) is 0 Å². The molecule has 0 radical (unpaired) electrons. The van der Waals surface area contributed by atoms with E-state index < -0.39 is 8.80 Å². The molecule has 5 heteroatoms. The molecular weight excluding hydrogens is 224 g/mol. The first-order chi connectivity index (χ1) is 7.51. The van der Waals surface area contributed by atoms with Gasteiger partial charge in [-0.15, -0.1) is 0 Å². The zero-order chi connectivity index (χ0) is 12.6. The standard InChI is InChI=1S/C11H22O4Si/c1-6-13-16(14-7-2,15-8-3)9-11(12)10(4)5/h4,6-9H2,1-3,5H3. The molecule has 0 aromatic heterocycles. The summed E-state index contributed by atoms with van der Waals surface area (Å²) in [5, 5.41) is 0. The van der Waals surface area contributed by atoms with Crippen molar-refractivity contribution in [2.75, 3.05) is 19.8 Å². The normalized spacial score (nSPS) is 11.5. The van der Waals surface area contributed by atoms with Crippen molar-refractivity contribution in [3.8, 4) is 0 Å². The lowest BCUT2D eigenvalue weighted by molar-refractivity contribution is -0.114. The van der Waals surface area contributed by atoms with E-state index in [0.29, 0.717) is 25.4 Å². The van der Waals surface area contributed by atoms with Crippen LogP contribution in [-0.4, -0.2) is 34.4 Å². The highest BCUT2D eigenvalue weighted by molar-refractivity contribution is 6.65. The quantitative estimate of drug-likeness (QED) is 0.462. The summed E-state index contributed by atoms with van der Waals surface area (Å²) in [5.74, 6) is -0.0537. The summed E-state index contributed by atoms with van der Waals surface area (Å²) in [5.41, 5.74) is 0.510. The van der Waals surface area contributed by atoms with E-state index in [2.05, 4.69) is 6.58 Å². The lowest BCUT2D eigenvalue weighted by Gasteiger charge is -2.27. The summed E-state index contributed by atoms with van der Waals surface area (Å²) in [6, 6.07) is 0.178. The third-order valence-corrected chi connectivity index (χ3v) is 4.89. The molecular formula is C11H22O4Si. The van der Waals surface area contributed by atoms with Crippen LogP contribution >= 0.6 is 0 Å². The van der Waals surface area contributed by atoms with Gasteiger partial charge in [0.1, 0.15) is 0 Å². The number of ketones is 1. The number of hydrogen-bond donors (Lipinski definition) is 0. The second-order valence-electron chi connectivity index (χ2n) is 3.36. The van der Waals surface area contributed by atoms with E-state index in [1.54, 1.807) is 6.92 Å². The zero-order valence-electron chi connectivity index (χ0n) is 10.7. The number of Topliss-reactive ketones (excluding diaryl/α,β-unsaturated/α-hetero) is 1. The van der Waals surface area contributed by atoms with Gasteiger partial charge in [0.25, 0.3) is 0 Å². The predicted octanol–water partition coefficient (Wildman–Crippen LogP) is 2.18. The van der Waals surface area contributed by atoms with Crippen LogP contribution in [0.4, 0.5) is 0 Å². The third kappa shape index (κ3) is 5.02. The van der Waals surface area contributed by atoms with E-state index in [1.807, 2.05) is 20.8 Å². The van der Waals surface area contributed by atoms with Crippen LogP contribution in [-0.2, 0) is 18.1 Å². The minimum absolute atomic E-state index is 0.0537. The highest BCUT2D eigenvalue weighted by Gasteiger charge is 2.42. The summed E-state index contributed by atoms with van der Waals surface area (Å²) in [6.07, 6.45) is 0. The van der Waals surface area contributed by atoms with Crippen molar-refractivity contribution in [1.29, 1.82) is 0 Å². The van der Waals surface area contributed by atoms with Crippen LogP contribution in [0, 0.1) is 0 Å². The van der Waals surface area contributed by atoms with Crippen LogP contribution in [0.15, 0.2) is 12.2 Å². The average Bonchev–Trinajstić information content (AvgIpc) is 2.18. The molecule has 0 aliphatic rings. The molecule has 0 bridgehead atoms. The van der Waals surface area contributed by atoms with Gasteiger partial charge in [-0.3, -0.25) is 4.79 Å². The van der Waals surface area contributed by atoms with Gasteiger partial charge in [0.05, 0.1) is 6.04 Å². The van der Waals surface area contributed by atoms with Gasteiger partial charge in [-0.1, -0.05) is 6.58 Å². The van der Waals surface area contributed by atoms with Crippen molar-refractivity contribution >= 4 is 14.6 Å². The summed E-state index contributed by atoms with van der Waals surface area (Å²) in [4.78, 5) is 11.7. The third-order valence-electron chi connectivity index (χ3n) is 1.95. The smallest absolute Gasteiger partial charge is 0.373 e. The summed E-state index contributed by atoms with van der Waals surface area (Å²) >= 11 is 0. The molecule has 0 aliphatic carbocycles. The van der Waals surface area contributed by atoms with Crippen molar-refractivity contribution in [2.45, 2.75) is 33.7 Å². The van der Waals surface area contributed by atoms with Crippen LogP contribution in [0.1, 0.15) is 27.7 Å². The maximum Gasteiger partial charge on any atom is 0.508 e. The molecule has 0 aliphatic heterocycles. The Hall–Kier alpha value is -0.493. The second-order valence-corrected chi connectivity index (χ2v) is 5.95. The van der Waals surface area contributed by atoms with E-state index >= 15 is 0 Å². The molecule has 0 amide bonds. The molecule has 0 saturated heterocycles. The number of rotatable bonds is 9. The molecule has 0 aromatic rings. The number of carbonyl (C=O) groups excluding carboxylic acids is 1. The topological polar surface area (TPSA) is 44.8 Å². The van der Waals surface area contributed by atoms with Crippen LogP contribution in [0.2, 0.25) is 6.04 Å². The Morgan fingerprint density at radius 2 is 1.44 bits per heavy atom. The van der Waals surface area contributed by atoms with Gasteiger partial charge < -0.3 is 13.3 Å². The molecule has 4 nitrogen and oxygen atoms in total. The zero-order valence-corrected chi connectivity index (χ0v) is 11.7. The van der Waals surface area contributed by atoms with Gasteiger partial charge in [0.15, 0.2) is 5.78 Å². The minimum atomic E-state index is -2.83. The molecule has 0 N–H and O–H groups in total. The molecule has 0 fully saturated rings. The SMILES string of the molecule is C=C(C)C(=O)C[Si](OCC)(OCC)OCC. The first kappa shape index (κ1) is 15.5. The monoisotopic (exact) mass is 246 g/mol. The lowest BCUT2D eigenvalue weighted by atomic mass is 10.2.